The van der Waals surface area contributed by atoms with Crippen molar-refractivity contribution >= 4 is 35.7 Å². The van der Waals surface area contributed by atoms with Crippen molar-refractivity contribution in [2.75, 3.05) is 0 Å². The summed E-state index contributed by atoms with van der Waals surface area (Å²) in [5, 5.41) is 2.19. The van der Waals surface area contributed by atoms with Gasteiger partial charge < -0.3 is 4.74 Å². The number of rotatable bonds is 0. The average molecular weight is 257 g/mol. The molecule has 0 N–H and O–H groups in total. The van der Waals surface area contributed by atoms with Crippen LogP contribution in [0, 0.1) is 0 Å². The molecular formula is C17H12BNO. The van der Waals surface area contributed by atoms with E-state index in [2.05, 4.69) is 18.2 Å². The van der Waals surface area contributed by atoms with E-state index in [0.717, 1.165) is 33.1 Å². The van der Waals surface area contributed by atoms with E-state index in [1.165, 1.54) is 0 Å². The number of hydrogen-bond donors (Lipinski definition) is 0. The molecule has 2 radical (unpaired) electrons. The lowest BCUT2D eigenvalue weighted by Gasteiger charge is -2.29. The van der Waals surface area contributed by atoms with E-state index in [9.17, 15) is 0 Å². The Morgan fingerprint density at radius 2 is 1.95 bits per heavy atom. The van der Waals surface area contributed by atoms with E-state index in [0.29, 0.717) is 0 Å². The van der Waals surface area contributed by atoms with Gasteiger partial charge in [-0.3, -0.25) is 0 Å². The van der Waals surface area contributed by atoms with Gasteiger partial charge in [0, 0.05) is 16.3 Å². The van der Waals surface area contributed by atoms with Crippen molar-refractivity contribution in [3.05, 3.63) is 54.1 Å². The van der Waals surface area contributed by atoms with Crippen LogP contribution < -0.4 is 4.74 Å². The smallest absolute Gasteiger partial charge is 0.152 e. The first kappa shape index (κ1) is 11.5. The second kappa shape index (κ2) is 3.86. The zero-order valence-corrected chi connectivity index (χ0v) is 11.1. The molecule has 20 heavy (non-hydrogen) atoms. The average Bonchev–Trinajstić information content (AvgIpc) is 2.44. The second-order valence-corrected chi connectivity index (χ2v) is 5.36. The lowest BCUT2D eigenvalue weighted by Crippen LogP contribution is -2.32. The van der Waals surface area contributed by atoms with Crippen molar-refractivity contribution in [3.63, 3.8) is 0 Å². The van der Waals surface area contributed by atoms with E-state index in [4.69, 9.17) is 17.6 Å². The fraction of sp³-hybridized carbons (Fsp3) is 0.118. The fourth-order valence-electron chi connectivity index (χ4n) is 2.58. The SMILES string of the molecule is [B]C1(C)C=Cc2ccc3cc4ccccc4nc3c2O1. The molecule has 0 saturated heterocycles. The minimum atomic E-state index is -0.783. The van der Waals surface area contributed by atoms with E-state index in [1.54, 1.807) is 0 Å². The van der Waals surface area contributed by atoms with Gasteiger partial charge in [0.15, 0.2) is 5.75 Å². The maximum absolute atomic E-state index is 6.06. The van der Waals surface area contributed by atoms with Crippen molar-refractivity contribution < 1.29 is 4.74 Å². The first-order chi connectivity index (χ1) is 9.62. The number of para-hydroxylation sites is 1. The Labute approximate surface area is 118 Å². The molecule has 4 rings (SSSR count). The quantitative estimate of drug-likeness (QED) is 0.452. The summed E-state index contributed by atoms with van der Waals surface area (Å²) in [4.78, 5) is 4.74. The third-order valence-corrected chi connectivity index (χ3v) is 3.59. The van der Waals surface area contributed by atoms with Crippen LogP contribution in [0.3, 0.4) is 0 Å². The Morgan fingerprint density at radius 1 is 1.10 bits per heavy atom. The number of nitrogens with zero attached hydrogens (tertiary/aromatic N) is 1. The van der Waals surface area contributed by atoms with Crippen molar-refractivity contribution in [1.29, 1.82) is 0 Å². The zero-order chi connectivity index (χ0) is 13.7. The number of ether oxygens (including phenoxy) is 1. The van der Waals surface area contributed by atoms with Gasteiger partial charge in [-0.2, -0.15) is 0 Å². The molecule has 2 heterocycles. The van der Waals surface area contributed by atoms with Crippen LogP contribution in [0.1, 0.15) is 12.5 Å². The standard InChI is InChI=1S/C17H12BNO/c1-17(18)9-8-11-6-7-13-10-12-4-2-3-5-14(12)19-15(13)16(11)20-17/h2-10H,1H3. The number of fused-ring (bicyclic) bond motifs is 4. The van der Waals surface area contributed by atoms with Gasteiger partial charge in [0.1, 0.15) is 13.4 Å². The highest BCUT2D eigenvalue weighted by Gasteiger charge is 2.23. The van der Waals surface area contributed by atoms with Crippen molar-refractivity contribution in [2.45, 2.75) is 12.4 Å². The molecule has 3 heteroatoms. The Morgan fingerprint density at radius 3 is 2.85 bits per heavy atom. The second-order valence-electron chi connectivity index (χ2n) is 5.36. The van der Waals surface area contributed by atoms with Crippen LogP contribution in [0.25, 0.3) is 27.9 Å². The summed E-state index contributed by atoms with van der Waals surface area (Å²) in [6.45, 7) is 1.84. The van der Waals surface area contributed by atoms with Gasteiger partial charge in [-0.25, -0.2) is 4.98 Å². The molecule has 1 unspecified atom stereocenters. The first-order valence-corrected chi connectivity index (χ1v) is 6.62. The van der Waals surface area contributed by atoms with Gasteiger partial charge in [-0.15, -0.1) is 0 Å². The van der Waals surface area contributed by atoms with Crippen LogP contribution in [-0.2, 0) is 0 Å². The predicted octanol–water partition coefficient (Wildman–Crippen LogP) is 3.68. The maximum Gasteiger partial charge on any atom is 0.152 e. The molecule has 0 amide bonds. The van der Waals surface area contributed by atoms with Gasteiger partial charge in [0.2, 0.25) is 0 Å². The van der Waals surface area contributed by atoms with Crippen LogP contribution in [0.4, 0.5) is 0 Å². The summed E-state index contributed by atoms with van der Waals surface area (Å²) >= 11 is 0. The first-order valence-electron chi connectivity index (χ1n) is 6.62. The highest BCUT2D eigenvalue weighted by molar-refractivity contribution is 6.17. The lowest BCUT2D eigenvalue weighted by molar-refractivity contribution is 0.227. The summed E-state index contributed by atoms with van der Waals surface area (Å²) in [5.74, 6) is 0.765. The molecule has 94 valence electrons. The van der Waals surface area contributed by atoms with Crippen LogP contribution in [0.5, 0.6) is 5.75 Å². The van der Waals surface area contributed by atoms with Crippen molar-refractivity contribution in [3.8, 4) is 5.75 Å². The van der Waals surface area contributed by atoms with Gasteiger partial charge in [-0.1, -0.05) is 42.5 Å². The summed E-state index contributed by atoms with van der Waals surface area (Å²) < 4.78 is 5.91. The number of pyridine rings is 1. The third-order valence-electron chi connectivity index (χ3n) is 3.59. The molecule has 0 fully saturated rings. The number of benzene rings is 2. The molecule has 1 aliphatic rings. The Hall–Kier alpha value is -2.29. The largest absolute Gasteiger partial charge is 0.491 e. The molecule has 0 spiro atoms. The number of hydrogen-bond acceptors (Lipinski definition) is 2. The molecule has 3 aromatic rings. The highest BCUT2D eigenvalue weighted by Crippen LogP contribution is 2.36. The minimum Gasteiger partial charge on any atom is -0.491 e. The van der Waals surface area contributed by atoms with Crippen molar-refractivity contribution in [2.24, 2.45) is 0 Å². The van der Waals surface area contributed by atoms with E-state index < -0.39 is 5.50 Å². The third kappa shape index (κ3) is 1.70. The van der Waals surface area contributed by atoms with Gasteiger partial charge >= 0.3 is 0 Å². The summed E-state index contributed by atoms with van der Waals surface area (Å²) in [6.07, 6.45) is 3.86. The maximum atomic E-state index is 6.06. The van der Waals surface area contributed by atoms with Crippen LogP contribution in [0.2, 0.25) is 0 Å². The summed E-state index contributed by atoms with van der Waals surface area (Å²) in [6, 6.07) is 14.3. The predicted molar refractivity (Wildman–Crippen MR) is 83.1 cm³/mol. The number of aromatic nitrogens is 1. The van der Waals surface area contributed by atoms with Crippen molar-refractivity contribution in [1.82, 2.24) is 4.98 Å². The topological polar surface area (TPSA) is 22.1 Å². The highest BCUT2D eigenvalue weighted by atomic mass is 16.5. The molecule has 2 aromatic carbocycles. The van der Waals surface area contributed by atoms with Gasteiger partial charge in [0.05, 0.1) is 11.0 Å². The summed E-state index contributed by atoms with van der Waals surface area (Å²) in [7, 11) is 6.06. The lowest BCUT2D eigenvalue weighted by atomic mass is 9.81. The molecule has 2 nitrogen and oxygen atoms in total. The Kier molecular flexibility index (Phi) is 2.22. The summed E-state index contributed by atoms with van der Waals surface area (Å²) in [5.41, 5.74) is 2.06. The monoisotopic (exact) mass is 257 g/mol. The van der Waals surface area contributed by atoms with Gasteiger partial charge in [0.25, 0.3) is 0 Å². The fourth-order valence-corrected chi connectivity index (χ4v) is 2.58. The molecule has 0 aliphatic carbocycles. The molecule has 0 bridgehead atoms. The molecule has 1 aromatic heterocycles. The van der Waals surface area contributed by atoms with E-state index >= 15 is 0 Å². The molecule has 0 saturated carbocycles. The van der Waals surface area contributed by atoms with E-state index in [-0.39, 0.29) is 0 Å². The normalized spacial score (nSPS) is 20.9. The van der Waals surface area contributed by atoms with Crippen LogP contribution in [0.15, 0.2) is 48.5 Å². The minimum absolute atomic E-state index is 0.765. The Balaban J connectivity index is 2.08. The van der Waals surface area contributed by atoms with Crippen LogP contribution in [-0.4, -0.2) is 18.3 Å². The van der Waals surface area contributed by atoms with Gasteiger partial charge in [-0.05, 0) is 19.1 Å². The van der Waals surface area contributed by atoms with E-state index in [1.807, 2.05) is 43.3 Å². The zero-order valence-electron chi connectivity index (χ0n) is 11.1. The van der Waals surface area contributed by atoms with Crippen LogP contribution >= 0.6 is 0 Å². The molecular weight excluding hydrogens is 245 g/mol. The molecule has 1 atom stereocenters. The molecule has 1 aliphatic heterocycles. The Bertz CT molecular complexity index is 867.